The molecule has 0 spiro atoms. The van der Waals surface area contributed by atoms with Gasteiger partial charge in [0.05, 0.1) is 12.7 Å². The Balaban J connectivity index is 1.88. The number of ether oxygens (including phenoxy) is 1. The summed E-state index contributed by atoms with van der Waals surface area (Å²) in [7, 11) is 1.27. The van der Waals surface area contributed by atoms with Crippen molar-refractivity contribution in [1.29, 1.82) is 0 Å². The van der Waals surface area contributed by atoms with Crippen LogP contribution >= 0.6 is 0 Å². The zero-order chi connectivity index (χ0) is 17.3. The number of fused-ring (bicyclic) bond motifs is 1. The quantitative estimate of drug-likeness (QED) is 0.804. The number of hydrogen-bond acceptors (Lipinski definition) is 4. The average Bonchev–Trinajstić information content (AvgIpc) is 2.91. The van der Waals surface area contributed by atoms with Crippen molar-refractivity contribution in [1.82, 2.24) is 4.57 Å². The molecule has 1 aliphatic heterocycles. The normalized spacial score (nSPS) is 15.9. The summed E-state index contributed by atoms with van der Waals surface area (Å²) < 4.78 is 5.89. The molecule has 0 bridgehead atoms. The molecule has 2 aromatic rings. The first kappa shape index (κ1) is 16.0. The molecule has 0 fully saturated rings. The van der Waals surface area contributed by atoms with Crippen LogP contribution in [0.4, 0.5) is 5.69 Å². The van der Waals surface area contributed by atoms with Crippen LogP contribution in [0.1, 0.15) is 22.8 Å². The molecule has 0 N–H and O–H groups in total. The third-order valence-electron chi connectivity index (χ3n) is 4.19. The first-order valence-electron chi connectivity index (χ1n) is 7.70. The van der Waals surface area contributed by atoms with Crippen molar-refractivity contribution in [2.45, 2.75) is 25.9 Å². The SMILES string of the molecule is COC(=O)c1ccc(=O)n(CC(=O)N2c3ccccc3C[C@H]2C)c1. The fourth-order valence-electron chi connectivity index (χ4n) is 3.06. The summed E-state index contributed by atoms with van der Waals surface area (Å²) in [6, 6.07) is 10.4. The first-order valence-corrected chi connectivity index (χ1v) is 7.70. The Morgan fingerprint density at radius 3 is 2.71 bits per heavy atom. The minimum atomic E-state index is -0.545. The van der Waals surface area contributed by atoms with Crippen LogP contribution in [-0.2, 0) is 22.5 Å². The molecular weight excluding hydrogens is 308 g/mol. The van der Waals surface area contributed by atoms with Gasteiger partial charge in [0.2, 0.25) is 5.91 Å². The van der Waals surface area contributed by atoms with Gasteiger partial charge in [0, 0.05) is 24.0 Å². The summed E-state index contributed by atoms with van der Waals surface area (Å²) in [5.74, 6) is -0.729. The number of hydrogen-bond donors (Lipinski definition) is 0. The Morgan fingerprint density at radius 2 is 1.96 bits per heavy atom. The van der Waals surface area contributed by atoms with Crippen LogP contribution in [0, 0.1) is 0 Å². The van der Waals surface area contributed by atoms with Crippen molar-refractivity contribution in [3.63, 3.8) is 0 Å². The predicted molar refractivity (Wildman–Crippen MR) is 89.1 cm³/mol. The molecular formula is C18H18N2O4. The van der Waals surface area contributed by atoms with Gasteiger partial charge in [-0.15, -0.1) is 0 Å². The van der Waals surface area contributed by atoms with E-state index < -0.39 is 5.97 Å². The minimum absolute atomic E-state index is 0.0365. The summed E-state index contributed by atoms with van der Waals surface area (Å²) in [6.07, 6.45) is 2.15. The van der Waals surface area contributed by atoms with Crippen LogP contribution in [0.5, 0.6) is 0 Å². The molecule has 24 heavy (non-hydrogen) atoms. The van der Waals surface area contributed by atoms with E-state index in [-0.39, 0.29) is 29.6 Å². The number of methoxy groups -OCH3 is 1. The molecule has 0 saturated carbocycles. The predicted octanol–water partition coefficient (Wildman–Crippen LogP) is 1.61. The third-order valence-corrected chi connectivity index (χ3v) is 4.19. The van der Waals surface area contributed by atoms with Gasteiger partial charge in [-0.05, 0) is 31.0 Å². The highest BCUT2D eigenvalue weighted by Crippen LogP contribution is 2.31. The van der Waals surface area contributed by atoms with E-state index in [0.717, 1.165) is 17.7 Å². The number of para-hydroxylation sites is 1. The summed E-state index contributed by atoms with van der Waals surface area (Å²) >= 11 is 0. The standard InChI is InChI=1S/C18H18N2O4/c1-12-9-13-5-3-4-6-15(13)20(12)17(22)11-19-10-14(18(23)24-2)7-8-16(19)21/h3-8,10,12H,9,11H2,1-2H3/t12-/m1/s1. The van der Waals surface area contributed by atoms with Crippen molar-refractivity contribution >= 4 is 17.6 Å². The topological polar surface area (TPSA) is 68.6 Å². The van der Waals surface area contributed by atoms with Gasteiger partial charge >= 0.3 is 5.97 Å². The van der Waals surface area contributed by atoms with E-state index in [1.165, 1.54) is 30.0 Å². The number of anilines is 1. The summed E-state index contributed by atoms with van der Waals surface area (Å²) in [5, 5.41) is 0. The molecule has 0 aliphatic carbocycles. The van der Waals surface area contributed by atoms with Crippen molar-refractivity contribution in [2.24, 2.45) is 0 Å². The number of rotatable bonds is 3. The molecule has 3 rings (SSSR count). The first-order chi connectivity index (χ1) is 11.5. The summed E-state index contributed by atoms with van der Waals surface area (Å²) in [5.41, 5.74) is 1.90. The van der Waals surface area contributed by atoms with E-state index in [2.05, 4.69) is 4.74 Å². The van der Waals surface area contributed by atoms with Gasteiger partial charge < -0.3 is 14.2 Å². The second kappa shape index (κ2) is 6.31. The fourth-order valence-corrected chi connectivity index (χ4v) is 3.06. The lowest BCUT2D eigenvalue weighted by molar-refractivity contribution is -0.119. The Morgan fingerprint density at radius 1 is 1.21 bits per heavy atom. The van der Waals surface area contributed by atoms with E-state index >= 15 is 0 Å². The molecule has 124 valence electrons. The minimum Gasteiger partial charge on any atom is -0.465 e. The van der Waals surface area contributed by atoms with Gasteiger partial charge in [0.1, 0.15) is 6.54 Å². The van der Waals surface area contributed by atoms with Crippen molar-refractivity contribution in [3.8, 4) is 0 Å². The molecule has 1 amide bonds. The van der Waals surface area contributed by atoms with E-state index in [0.29, 0.717) is 0 Å². The highest BCUT2D eigenvalue weighted by Gasteiger charge is 2.30. The average molecular weight is 326 g/mol. The molecule has 1 aromatic heterocycles. The van der Waals surface area contributed by atoms with Gasteiger partial charge in [-0.1, -0.05) is 18.2 Å². The fraction of sp³-hybridized carbons (Fsp3) is 0.278. The van der Waals surface area contributed by atoms with Crippen molar-refractivity contribution < 1.29 is 14.3 Å². The smallest absolute Gasteiger partial charge is 0.339 e. The number of aromatic nitrogens is 1. The van der Waals surface area contributed by atoms with Crippen molar-refractivity contribution in [2.75, 3.05) is 12.0 Å². The van der Waals surface area contributed by atoms with E-state index in [1.54, 1.807) is 4.90 Å². The van der Waals surface area contributed by atoms with Gasteiger partial charge in [0.25, 0.3) is 5.56 Å². The largest absolute Gasteiger partial charge is 0.465 e. The molecule has 1 atom stereocenters. The number of nitrogens with zero attached hydrogens (tertiary/aromatic N) is 2. The lowest BCUT2D eigenvalue weighted by atomic mass is 10.1. The molecule has 1 aromatic carbocycles. The highest BCUT2D eigenvalue weighted by molar-refractivity contribution is 5.96. The summed E-state index contributed by atoms with van der Waals surface area (Å²) in [6.45, 7) is 1.86. The van der Waals surface area contributed by atoms with E-state index in [4.69, 9.17) is 0 Å². The highest BCUT2D eigenvalue weighted by atomic mass is 16.5. The van der Waals surface area contributed by atoms with E-state index in [1.807, 2.05) is 31.2 Å². The second-order valence-corrected chi connectivity index (χ2v) is 5.82. The zero-order valence-electron chi connectivity index (χ0n) is 13.6. The maximum atomic E-state index is 12.7. The molecule has 6 nitrogen and oxygen atoms in total. The number of esters is 1. The van der Waals surface area contributed by atoms with Crippen LogP contribution in [-0.4, -0.2) is 29.6 Å². The number of pyridine rings is 1. The Kier molecular flexibility index (Phi) is 4.20. The molecule has 2 heterocycles. The van der Waals surface area contributed by atoms with Crippen LogP contribution in [0.25, 0.3) is 0 Å². The van der Waals surface area contributed by atoms with Crippen LogP contribution in [0.15, 0.2) is 47.4 Å². The number of carbonyl (C=O) groups excluding carboxylic acids is 2. The molecule has 0 radical (unpaired) electrons. The number of carbonyl (C=O) groups is 2. The van der Waals surface area contributed by atoms with Gasteiger partial charge in [0.15, 0.2) is 0 Å². The maximum absolute atomic E-state index is 12.7. The third kappa shape index (κ3) is 2.82. The molecule has 1 aliphatic rings. The van der Waals surface area contributed by atoms with Crippen molar-refractivity contribution in [3.05, 3.63) is 64.1 Å². The van der Waals surface area contributed by atoms with Gasteiger partial charge in [-0.25, -0.2) is 4.79 Å². The van der Waals surface area contributed by atoms with Crippen LogP contribution in [0.3, 0.4) is 0 Å². The van der Waals surface area contributed by atoms with Gasteiger partial charge in [-0.3, -0.25) is 9.59 Å². The number of benzene rings is 1. The van der Waals surface area contributed by atoms with E-state index in [9.17, 15) is 14.4 Å². The Hall–Kier alpha value is -2.89. The number of amides is 1. The molecule has 0 saturated heterocycles. The zero-order valence-corrected chi connectivity index (χ0v) is 13.6. The lowest BCUT2D eigenvalue weighted by Gasteiger charge is -2.23. The Labute approximate surface area is 139 Å². The maximum Gasteiger partial charge on any atom is 0.339 e. The second-order valence-electron chi connectivity index (χ2n) is 5.82. The molecule has 0 unspecified atom stereocenters. The summed E-state index contributed by atoms with van der Waals surface area (Å²) in [4.78, 5) is 38.1. The Bertz CT molecular complexity index is 856. The lowest BCUT2D eigenvalue weighted by Crippen LogP contribution is -2.39. The molecule has 6 heteroatoms. The van der Waals surface area contributed by atoms with Crippen LogP contribution < -0.4 is 10.5 Å². The van der Waals surface area contributed by atoms with Gasteiger partial charge in [-0.2, -0.15) is 0 Å². The monoisotopic (exact) mass is 326 g/mol. The van der Waals surface area contributed by atoms with Crippen LogP contribution in [0.2, 0.25) is 0 Å².